The molecule has 0 saturated carbocycles. The highest BCUT2D eigenvalue weighted by Crippen LogP contribution is 2.21. The number of aryl methyl sites for hydroxylation is 1. The molecule has 3 rings (SSSR count). The SMILES string of the molecule is CCN(CC)C(=O)CN1CCCN(C(=O)c2cc3cnn(C(C)C)c3nc2C)CC1. The number of amides is 2. The van der Waals surface area contributed by atoms with Crippen molar-refractivity contribution in [3.63, 3.8) is 0 Å². The normalized spacial score (nSPS) is 15.6. The van der Waals surface area contributed by atoms with Crippen LogP contribution in [0.25, 0.3) is 11.0 Å². The molecule has 0 N–H and O–H groups in total. The van der Waals surface area contributed by atoms with Crippen molar-refractivity contribution in [2.45, 2.75) is 47.1 Å². The first-order chi connectivity index (χ1) is 14.3. The third-order valence-corrected chi connectivity index (χ3v) is 5.83. The maximum Gasteiger partial charge on any atom is 0.255 e. The summed E-state index contributed by atoms with van der Waals surface area (Å²) >= 11 is 0. The van der Waals surface area contributed by atoms with Crippen LogP contribution in [0.5, 0.6) is 0 Å². The van der Waals surface area contributed by atoms with Crippen molar-refractivity contribution in [2.75, 3.05) is 45.8 Å². The number of fused-ring (bicyclic) bond motifs is 1. The number of carbonyl (C=O) groups is 2. The van der Waals surface area contributed by atoms with E-state index in [2.05, 4.69) is 28.8 Å². The topological polar surface area (TPSA) is 74.6 Å². The number of likely N-dealkylation sites (N-methyl/N-ethyl adjacent to an activating group) is 1. The summed E-state index contributed by atoms with van der Waals surface area (Å²) in [5.74, 6) is 0.170. The van der Waals surface area contributed by atoms with Gasteiger partial charge in [0.15, 0.2) is 5.65 Å². The van der Waals surface area contributed by atoms with Gasteiger partial charge in [0.25, 0.3) is 5.91 Å². The summed E-state index contributed by atoms with van der Waals surface area (Å²) in [6, 6.07) is 2.13. The summed E-state index contributed by atoms with van der Waals surface area (Å²) in [7, 11) is 0. The van der Waals surface area contributed by atoms with Gasteiger partial charge >= 0.3 is 0 Å². The maximum absolute atomic E-state index is 13.3. The molecule has 2 amide bonds. The van der Waals surface area contributed by atoms with Gasteiger partial charge in [-0.25, -0.2) is 9.67 Å². The molecule has 2 aromatic rings. The summed E-state index contributed by atoms with van der Waals surface area (Å²) in [6.07, 6.45) is 2.64. The molecule has 8 nitrogen and oxygen atoms in total. The molecule has 3 heterocycles. The van der Waals surface area contributed by atoms with Crippen molar-refractivity contribution < 1.29 is 9.59 Å². The largest absolute Gasteiger partial charge is 0.342 e. The number of hydrogen-bond acceptors (Lipinski definition) is 5. The Morgan fingerprint density at radius 1 is 1.13 bits per heavy atom. The average molecular weight is 415 g/mol. The second-order valence-electron chi connectivity index (χ2n) is 8.20. The first kappa shape index (κ1) is 22.2. The minimum atomic E-state index is 0.0103. The summed E-state index contributed by atoms with van der Waals surface area (Å²) < 4.78 is 1.88. The molecule has 1 aliphatic rings. The van der Waals surface area contributed by atoms with Crippen molar-refractivity contribution in [1.29, 1.82) is 0 Å². The molecule has 0 atom stereocenters. The first-order valence-corrected chi connectivity index (χ1v) is 11.0. The number of nitrogens with zero attached hydrogens (tertiary/aromatic N) is 6. The van der Waals surface area contributed by atoms with Gasteiger partial charge in [-0.3, -0.25) is 14.5 Å². The Kier molecular flexibility index (Phi) is 7.07. The van der Waals surface area contributed by atoms with Crippen molar-refractivity contribution in [1.82, 2.24) is 29.5 Å². The van der Waals surface area contributed by atoms with E-state index < -0.39 is 0 Å². The fraction of sp³-hybridized carbons (Fsp3) is 0.636. The van der Waals surface area contributed by atoms with Gasteiger partial charge in [0.2, 0.25) is 5.91 Å². The molecule has 0 radical (unpaired) electrons. The minimum Gasteiger partial charge on any atom is -0.342 e. The number of carbonyl (C=O) groups excluding carboxylic acids is 2. The van der Waals surface area contributed by atoms with Crippen molar-refractivity contribution in [3.8, 4) is 0 Å². The van der Waals surface area contributed by atoms with E-state index in [0.29, 0.717) is 31.7 Å². The predicted molar refractivity (Wildman–Crippen MR) is 118 cm³/mol. The Labute approximate surface area is 178 Å². The summed E-state index contributed by atoms with van der Waals surface area (Å²) in [5, 5.41) is 5.30. The Morgan fingerprint density at radius 3 is 2.53 bits per heavy atom. The number of hydrogen-bond donors (Lipinski definition) is 0. The average Bonchev–Trinajstić information content (AvgIpc) is 2.98. The van der Waals surface area contributed by atoms with E-state index >= 15 is 0 Å². The predicted octanol–water partition coefficient (Wildman–Crippen LogP) is 2.34. The van der Waals surface area contributed by atoms with Crippen LogP contribution in [0.2, 0.25) is 0 Å². The highest BCUT2D eigenvalue weighted by molar-refractivity contribution is 5.98. The summed E-state index contributed by atoms with van der Waals surface area (Å²) in [6.45, 7) is 14.8. The van der Waals surface area contributed by atoms with E-state index in [9.17, 15) is 9.59 Å². The third-order valence-electron chi connectivity index (χ3n) is 5.83. The van der Waals surface area contributed by atoms with Gasteiger partial charge in [-0.1, -0.05) is 0 Å². The molecule has 1 saturated heterocycles. The molecule has 0 aliphatic carbocycles. The fourth-order valence-corrected chi connectivity index (χ4v) is 4.03. The second-order valence-corrected chi connectivity index (χ2v) is 8.20. The minimum absolute atomic E-state index is 0.0103. The highest BCUT2D eigenvalue weighted by Gasteiger charge is 2.24. The van der Waals surface area contributed by atoms with Crippen molar-refractivity contribution >= 4 is 22.8 Å². The number of rotatable bonds is 6. The maximum atomic E-state index is 13.3. The van der Waals surface area contributed by atoms with Crippen molar-refractivity contribution in [2.24, 2.45) is 0 Å². The van der Waals surface area contributed by atoms with E-state index in [1.165, 1.54) is 0 Å². The lowest BCUT2D eigenvalue weighted by atomic mass is 10.1. The van der Waals surface area contributed by atoms with Crippen LogP contribution in [0.15, 0.2) is 12.3 Å². The van der Waals surface area contributed by atoms with Gasteiger partial charge in [-0.05, 0) is 47.1 Å². The molecule has 0 bridgehead atoms. The third kappa shape index (κ3) is 4.64. The van der Waals surface area contributed by atoms with E-state index in [0.717, 1.165) is 42.8 Å². The van der Waals surface area contributed by atoms with Crippen LogP contribution in [0.1, 0.15) is 56.2 Å². The Hall–Kier alpha value is -2.48. The van der Waals surface area contributed by atoms with Gasteiger partial charge < -0.3 is 9.80 Å². The second kappa shape index (κ2) is 9.55. The fourth-order valence-electron chi connectivity index (χ4n) is 4.03. The number of aromatic nitrogens is 3. The molecule has 0 aromatic carbocycles. The summed E-state index contributed by atoms with van der Waals surface area (Å²) in [5.41, 5.74) is 2.18. The van der Waals surface area contributed by atoms with Gasteiger partial charge in [0, 0.05) is 50.7 Å². The van der Waals surface area contributed by atoms with E-state index in [1.807, 2.05) is 41.3 Å². The molecule has 1 aliphatic heterocycles. The molecule has 2 aromatic heterocycles. The Morgan fingerprint density at radius 2 is 1.87 bits per heavy atom. The zero-order valence-corrected chi connectivity index (χ0v) is 18.9. The van der Waals surface area contributed by atoms with E-state index in [-0.39, 0.29) is 17.9 Å². The molecule has 164 valence electrons. The molecule has 30 heavy (non-hydrogen) atoms. The van der Waals surface area contributed by atoms with Crippen LogP contribution in [0.4, 0.5) is 0 Å². The molecular formula is C22H34N6O2. The van der Waals surface area contributed by atoms with Crippen LogP contribution in [0.3, 0.4) is 0 Å². The van der Waals surface area contributed by atoms with E-state index in [4.69, 9.17) is 0 Å². The highest BCUT2D eigenvalue weighted by atomic mass is 16.2. The Balaban J connectivity index is 1.70. The summed E-state index contributed by atoms with van der Waals surface area (Å²) in [4.78, 5) is 36.3. The zero-order valence-electron chi connectivity index (χ0n) is 18.9. The van der Waals surface area contributed by atoms with Gasteiger partial charge in [-0.2, -0.15) is 5.10 Å². The van der Waals surface area contributed by atoms with Gasteiger partial charge in [0.1, 0.15) is 0 Å². The van der Waals surface area contributed by atoms with Crippen LogP contribution in [-0.2, 0) is 4.79 Å². The monoisotopic (exact) mass is 414 g/mol. The first-order valence-electron chi connectivity index (χ1n) is 11.0. The lowest BCUT2D eigenvalue weighted by Crippen LogP contribution is -2.42. The lowest BCUT2D eigenvalue weighted by Gasteiger charge is -2.25. The van der Waals surface area contributed by atoms with Crippen LogP contribution in [-0.4, -0.2) is 87.1 Å². The molecule has 8 heteroatoms. The quantitative estimate of drug-likeness (QED) is 0.725. The molecule has 0 spiro atoms. The Bertz CT molecular complexity index is 902. The molecule has 0 unspecified atom stereocenters. The zero-order chi connectivity index (χ0) is 21.8. The number of pyridine rings is 1. The van der Waals surface area contributed by atoms with Gasteiger partial charge in [0.05, 0.1) is 24.0 Å². The van der Waals surface area contributed by atoms with Crippen LogP contribution in [0, 0.1) is 6.92 Å². The molecular weight excluding hydrogens is 380 g/mol. The standard InChI is InChI=1S/C22H34N6O2/c1-6-26(7-2)20(29)15-25-9-8-10-27(12-11-25)22(30)19-13-18-14-23-28(16(3)4)21(18)24-17(19)5/h13-14,16H,6-12,15H2,1-5H3. The van der Waals surface area contributed by atoms with Crippen molar-refractivity contribution in [3.05, 3.63) is 23.5 Å². The van der Waals surface area contributed by atoms with E-state index in [1.54, 1.807) is 6.20 Å². The lowest BCUT2D eigenvalue weighted by molar-refractivity contribution is -0.132. The van der Waals surface area contributed by atoms with Crippen LogP contribution < -0.4 is 0 Å². The smallest absolute Gasteiger partial charge is 0.255 e. The van der Waals surface area contributed by atoms with Gasteiger partial charge in [-0.15, -0.1) is 0 Å². The molecule has 1 fully saturated rings. The van der Waals surface area contributed by atoms with Crippen LogP contribution >= 0.6 is 0 Å².